The molecule has 0 radical (unpaired) electrons. The summed E-state index contributed by atoms with van der Waals surface area (Å²) in [6.45, 7) is 2.66. The number of alkyl halides is 1. The lowest BCUT2D eigenvalue weighted by Crippen LogP contribution is -2.35. The Morgan fingerprint density at radius 3 is 2.65 bits per heavy atom. The lowest BCUT2D eigenvalue weighted by molar-refractivity contribution is 0.279. The fourth-order valence-corrected chi connectivity index (χ4v) is 2.67. The molecule has 0 heterocycles. The fourth-order valence-electron chi connectivity index (χ4n) is 1.90. The number of ether oxygens (including phenoxy) is 1. The van der Waals surface area contributed by atoms with Crippen LogP contribution >= 0.6 is 27.5 Å². The molecule has 1 saturated carbocycles. The number of hydrogen-bond acceptors (Lipinski definition) is 2. The Kier molecular flexibility index (Phi) is 5.14. The van der Waals surface area contributed by atoms with Crippen molar-refractivity contribution in [3.8, 4) is 5.75 Å². The van der Waals surface area contributed by atoms with Crippen molar-refractivity contribution >= 4 is 27.5 Å². The fraction of sp³-hybridized carbons (Fsp3) is 0.538. The van der Waals surface area contributed by atoms with Crippen LogP contribution in [0.3, 0.4) is 0 Å². The zero-order chi connectivity index (χ0) is 12.1. The molecule has 0 bridgehead atoms. The minimum absolute atomic E-state index is 0.417. The van der Waals surface area contributed by atoms with Crippen LogP contribution in [0.25, 0.3) is 0 Å². The van der Waals surface area contributed by atoms with E-state index in [1.807, 2.05) is 24.3 Å². The van der Waals surface area contributed by atoms with Crippen LogP contribution in [-0.4, -0.2) is 25.1 Å². The smallest absolute Gasteiger partial charge is 0.119 e. The molecule has 1 aromatic rings. The summed E-state index contributed by atoms with van der Waals surface area (Å²) < 4.78 is 6.68. The highest BCUT2D eigenvalue weighted by atomic mass is 79.9. The van der Waals surface area contributed by atoms with E-state index in [1.165, 1.54) is 0 Å². The molecule has 0 saturated heterocycles. The molecule has 2 rings (SSSR count). The van der Waals surface area contributed by atoms with E-state index < -0.39 is 0 Å². The average Bonchev–Trinajstić information content (AvgIpc) is 2.28. The molecule has 1 fully saturated rings. The quantitative estimate of drug-likeness (QED) is 0.641. The first-order valence-electron chi connectivity index (χ1n) is 5.97. The molecule has 2 nitrogen and oxygen atoms in total. The maximum absolute atomic E-state index is 5.92. The van der Waals surface area contributed by atoms with E-state index in [9.17, 15) is 0 Å². The van der Waals surface area contributed by atoms with E-state index in [2.05, 4.69) is 21.2 Å². The molecule has 0 atom stereocenters. The predicted octanol–water partition coefficient (Wildman–Crippen LogP) is 3.43. The summed E-state index contributed by atoms with van der Waals surface area (Å²) in [7, 11) is 0. The van der Waals surface area contributed by atoms with E-state index in [4.69, 9.17) is 16.3 Å². The molecule has 0 amide bonds. The Morgan fingerprint density at radius 2 is 2.00 bits per heavy atom. The second-order valence-corrected chi connectivity index (χ2v) is 5.97. The number of benzene rings is 1. The van der Waals surface area contributed by atoms with Gasteiger partial charge >= 0.3 is 0 Å². The summed E-state index contributed by atoms with van der Waals surface area (Å²) in [5, 5.41) is 3.81. The minimum atomic E-state index is 0.417. The molecular weight excluding hydrogens is 302 g/mol. The molecule has 17 heavy (non-hydrogen) atoms. The maximum atomic E-state index is 5.92. The van der Waals surface area contributed by atoms with Crippen LogP contribution in [0.5, 0.6) is 5.75 Å². The molecule has 1 aliphatic rings. The highest BCUT2D eigenvalue weighted by Gasteiger charge is 2.26. The van der Waals surface area contributed by atoms with E-state index in [-0.39, 0.29) is 0 Å². The Morgan fingerprint density at radius 1 is 1.29 bits per heavy atom. The molecule has 1 aliphatic carbocycles. The van der Waals surface area contributed by atoms with Gasteiger partial charge in [0, 0.05) is 16.4 Å². The van der Waals surface area contributed by atoms with E-state index >= 15 is 0 Å². The Hall–Kier alpha value is -0.250. The molecular formula is C13H17BrClNO. The molecule has 1 N–H and O–H groups in total. The zero-order valence-corrected chi connectivity index (χ0v) is 12.0. The largest absolute Gasteiger partial charge is 0.492 e. The van der Waals surface area contributed by atoms with Gasteiger partial charge in [-0.3, -0.25) is 0 Å². The van der Waals surface area contributed by atoms with Gasteiger partial charge in [0.25, 0.3) is 0 Å². The summed E-state index contributed by atoms with van der Waals surface area (Å²) in [6, 6.07) is 7.90. The summed E-state index contributed by atoms with van der Waals surface area (Å²) in [4.78, 5) is 0. The van der Waals surface area contributed by atoms with E-state index in [0.717, 1.165) is 42.1 Å². The van der Waals surface area contributed by atoms with Crippen LogP contribution in [0, 0.1) is 5.92 Å². The van der Waals surface area contributed by atoms with Crippen molar-refractivity contribution in [1.29, 1.82) is 0 Å². The van der Waals surface area contributed by atoms with Crippen molar-refractivity contribution in [3.05, 3.63) is 28.7 Å². The van der Waals surface area contributed by atoms with Crippen molar-refractivity contribution in [2.45, 2.75) is 18.2 Å². The third-order valence-corrected chi connectivity index (χ3v) is 3.86. The van der Waals surface area contributed by atoms with Gasteiger partial charge in [-0.15, -0.1) is 11.6 Å². The minimum Gasteiger partial charge on any atom is -0.492 e. The van der Waals surface area contributed by atoms with Gasteiger partial charge in [-0.1, -0.05) is 15.9 Å². The molecule has 0 spiro atoms. The van der Waals surface area contributed by atoms with Gasteiger partial charge in [0.15, 0.2) is 0 Å². The van der Waals surface area contributed by atoms with Gasteiger partial charge < -0.3 is 10.1 Å². The number of rotatable bonds is 6. The Labute approximate surface area is 116 Å². The molecule has 4 heteroatoms. The summed E-state index contributed by atoms with van der Waals surface area (Å²) >= 11 is 9.32. The number of hydrogen-bond donors (Lipinski definition) is 1. The average molecular weight is 319 g/mol. The number of nitrogens with one attached hydrogen (secondary N) is 1. The predicted molar refractivity (Wildman–Crippen MR) is 74.9 cm³/mol. The summed E-state index contributed by atoms with van der Waals surface area (Å²) in [5.74, 6) is 1.68. The van der Waals surface area contributed by atoms with E-state index in [1.54, 1.807) is 0 Å². The van der Waals surface area contributed by atoms with Gasteiger partial charge in [-0.05, 0) is 49.6 Å². The van der Waals surface area contributed by atoms with Crippen molar-refractivity contribution in [2.75, 3.05) is 19.7 Å². The van der Waals surface area contributed by atoms with Crippen LogP contribution in [0.1, 0.15) is 12.8 Å². The molecule has 0 unspecified atom stereocenters. The molecule has 0 aromatic heterocycles. The summed E-state index contributed by atoms with van der Waals surface area (Å²) in [6.07, 6.45) is 2.31. The van der Waals surface area contributed by atoms with Crippen molar-refractivity contribution in [2.24, 2.45) is 5.92 Å². The second kappa shape index (κ2) is 6.62. The standard InChI is InChI=1S/C13H17BrClNO/c14-11-1-3-13(4-2-11)17-6-5-16-9-10-7-12(15)8-10/h1-4,10,12,16H,5-9H2. The third-order valence-electron chi connectivity index (χ3n) is 2.97. The SMILES string of the molecule is ClC1CC(CNCCOc2ccc(Br)cc2)C1. The van der Waals surface area contributed by atoms with Crippen molar-refractivity contribution < 1.29 is 4.74 Å². The van der Waals surface area contributed by atoms with Crippen molar-refractivity contribution in [3.63, 3.8) is 0 Å². The van der Waals surface area contributed by atoms with Crippen LogP contribution < -0.4 is 10.1 Å². The van der Waals surface area contributed by atoms with Gasteiger partial charge in [-0.2, -0.15) is 0 Å². The first kappa shape index (κ1) is 13.2. The van der Waals surface area contributed by atoms with Gasteiger partial charge in [-0.25, -0.2) is 0 Å². The molecule has 0 aliphatic heterocycles. The zero-order valence-electron chi connectivity index (χ0n) is 9.66. The first-order valence-corrected chi connectivity index (χ1v) is 7.20. The Bertz CT molecular complexity index is 338. The van der Waals surface area contributed by atoms with Gasteiger partial charge in [0.05, 0.1) is 0 Å². The van der Waals surface area contributed by atoms with E-state index in [0.29, 0.717) is 12.0 Å². The van der Waals surface area contributed by atoms with Crippen molar-refractivity contribution in [1.82, 2.24) is 5.32 Å². The number of halogens is 2. The Balaban J connectivity index is 1.52. The topological polar surface area (TPSA) is 21.3 Å². The van der Waals surface area contributed by atoms with Crippen LogP contribution in [-0.2, 0) is 0 Å². The van der Waals surface area contributed by atoms with Crippen LogP contribution in [0.15, 0.2) is 28.7 Å². The third kappa shape index (κ3) is 4.49. The van der Waals surface area contributed by atoms with Gasteiger partial charge in [0.2, 0.25) is 0 Å². The highest BCUT2D eigenvalue weighted by molar-refractivity contribution is 9.10. The summed E-state index contributed by atoms with van der Waals surface area (Å²) in [5.41, 5.74) is 0. The normalized spacial score (nSPS) is 23.2. The first-order chi connectivity index (χ1) is 8.24. The highest BCUT2D eigenvalue weighted by Crippen LogP contribution is 2.30. The monoisotopic (exact) mass is 317 g/mol. The molecule has 1 aromatic carbocycles. The van der Waals surface area contributed by atoms with Crippen LogP contribution in [0.4, 0.5) is 0 Å². The molecule has 94 valence electrons. The van der Waals surface area contributed by atoms with Crippen LogP contribution in [0.2, 0.25) is 0 Å². The second-order valence-electron chi connectivity index (χ2n) is 4.44. The maximum Gasteiger partial charge on any atom is 0.119 e. The lowest BCUT2D eigenvalue weighted by atomic mass is 9.85. The lowest BCUT2D eigenvalue weighted by Gasteiger charge is -2.30. The van der Waals surface area contributed by atoms with Gasteiger partial charge in [0.1, 0.15) is 12.4 Å².